The van der Waals surface area contributed by atoms with Gasteiger partial charge in [-0.15, -0.1) is 0 Å². The molecule has 0 saturated carbocycles. The minimum atomic E-state index is -4.36. The van der Waals surface area contributed by atoms with E-state index in [0.29, 0.717) is 11.8 Å². The summed E-state index contributed by atoms with van der Waals surface area (Å²) in [6, 6.07) is 2.29. The Kier molecular flexibility index (Phi) is 7.17. The first kappa shape index (κ1) is 18.8. The Morgan fingerprint density at radius 2 is 1.86 bits per heavy atom. The van der Waals surface area contributed by atoms with Crippen molar-refractivity contribution in [2.45, 2.75) is 65.7 Å². The lowest BCUT2D eigenvalue weighted by Crippen LogP contribution is -2.23. The quantitative estimate of drug-likeness (QED) is 0.611. The molecule has 0 N–H and O–H groups in total. The molecule has 0 bridgehead atoms. The molecule has 126 valence electrons. The predicted octanol–water partition coefficient (Wildman–Crippen LogP) is 5.72. The summed E-state index contributed by atoms with van der Waals surface area (Å²) in [4.78, 5) is 3.75. The van der Waals surface area contributed by atoms with E-state index in [2.05, 4.69) is 25.8 Å². The van der Waals surface area contributed by atoms with Crippen molar-refractivity contribution >= 4 is 0 Å². The van der Waals surface area contributed by atoms with Crippen LogP contribution in [-0.4, -0.2) is 11.1 Å². The third kappa shape index (κ3) is 6.24. The van der Waals surface area contributed by atoms with Gasteiger partial charge in [-0.2, -0.15) is 13.2 Å². The van der Waals surface area contributed by atoms with E-state index in [4.69, 9.17) is 4.74 Å². The van der Waals surface area contributed by atoms with Gasteiger partial charge < -0.3 is 4.74 Å². The van der Waals surface area contributed by atoms with Crippen LogP contribution in [-0.2, 0) is 6.18 Å². The minimum absolute atomic E-state index is 0.0756. The molecule has 0 aliphatic carbocycles. The van der Waals surface area contributed by atoms with Crippen LogP contribution < -0.4 is 4.74 Å². The van der Waals surface area contributed by atoms with Crippen molar-refractivity contribution in [3.05, 3.63) is 23.9 Å². The van der Waals surface area contributed by atoms with Gasteiger partial charge in [-0.05, 0) is 31.2 Å². The minimum Gasteiger partial charge on any atom is -0.474 e. The number of pyridine rings is 1. The summed E-state index contributed by atoms with van der Waals surface area (Å²) in [5.74, 6) is 1.20. The summed E-state index contributed by atoms with van der Waals surface area (Å²) in [5, 5.41) is 0. The van der Waals surface area contributed by atoms with Gasteiger partial charge in [0.05, 0.1) is 5.56 Å². The smallest absolute Gasteiger partial charge is 0.417 e. The van der Waals surface area contributed by atoms with Crippen LogP contribution in [0.25, 0.3) is 0 Å². The highest BCUT2D eigenvalue weighted by atomic mass is 19.4. The first-order valence-corrected chi connectivity index (χ1v) is 7.94. The van der Waals surface area contributed by atoms with Crippen molar-refractivity contribution in [2.75, 3.05) is 0 Å². The first-order valence-electron chi connectivity index (χ1n) is 7.94. The van der Waals surface area contributed by atoms with Crippen LogP contribution in [0.15, 0.2) is 18.3 Å². The van der Waals surface area contributed by atoms with Crippen molar-refractivity contribution in [1.82, 2.24) is 4.98 Å². The number of unbranched alkanes of at least 4 members (excludes halogenated alkanes) is 1. The zero-order chi connectivity index (χ0) is 16.8. The number of aromatic nitrogens is 1. The Morgan fingerprint density at radius 3 is 2.36 bits per heavy atom. The number of rotatable bonds is 8. The molecule has 1 aromatic heterocycles. The first-order chi connectivity index (χ1) is 10.2. The van der Waals surface area contributed by atoms with Gasteiger partial charge in [0, 0.05) is 12.3 Å². The van der Waals surface area contributed by atoms with E-state index >= 15 is 0 Å². The number of alkyl halides is 3. The highest BCUT2D eigenvalue weighted by Gasteiger charge is 2.30. The second-order valence-corrected chi connectivity index (χ2v) is 6.17. The van der Waals surface area contributed by atoms with E-state index in [9.17, 15) is 13.2 Å². The summed E-state index contributed by atoms with van der Waals surface area (Å²) in [6.07, 6.45) is 1.04. The van der Waals surface area contributed by atoms with E-state index in [1.807, 2.05) is 6.92 Å². The van der Waals surface area contributed by atoms with Crippen LogP contribution >= 0.6 is 0 Å². The Labute approximate surface area is 131 Å². The molecule has 5 heteroatoms. The molecule has 0 fully saturated rings. The van der Waals surface area contributed by atoms with Gasteiger partial charge in [0.2, 0.25) is 5.88 Å². The van der Waals surface area contributed by atoms with E-state index in [0.717, 1.165) is 18.7 Å². The fourth-order valence-corrected chi connectivity index (χ4v) is 2.42. The average molecular weight is 317 g/mol. The molecule has 22 heavy (non-hydrogen) atoms. The van der Waals surface area contributed by atoms with Crippen LogP contribution in [0.1, 0.15) is 58.9 Å². The summed E-state index contributed by atoms with van der Waals surface area (Å²) in [7, 11) is 0. The third-order valence-corrected chi connectivity index (χ3v) is 4.00. The molecule has 3 unspecified atom stereocenters. The van der Waals surface area contributed by atoms with Crippen LogP contribution in [0.2, 0.25) is 0 Å². The molecule has 3 atom stereocenters. The predicted molar refractivity (Wildman–Crippen MR) is 81.8 cm³/mol. The molecule has 2 nitrogen and oxygen atoms in total. The maximum atomic E-state index is 12.5. The average Bonchev–Trinajstić information content (AvgIpc) is 2.44. The number of halogens is 3. The van der Waals surface area contributed by atoms with Crippen LogP contribution in [0.3, 0.4) is 0 Å². The summed E-state index contributed by atoms with van der Waals surface area (Å²) < 4.78 is 43.1. The van der Waals surface area contributed by atoms with E-state index in [1.54, 1.807) is 0 Å². The molecular weight excluding hydrogens is 291 g/mol. The Bertz CT molecular complexity index is 431. The number of ether oxygens (including phenoxy) is 1. The van der Waals surface area contributed by atoms with Gasteiger partial charge in [-0.3, -0.25) is 0 Å². The molecule has 0 aliphatic rings. The molecule has 0 saturated heterocycles. The maximum absolute atomic E-state index is 12.5. The molecule has 0 aromatic carbocycles. The molecule has 0 aliphatic heterocycles. The second-order valence-electron chi connectivity index (χ2n) is 6.17. The number of hydrogen-bond acceptors (Lipinski definition) is 2. The molecule has 1 aromatic rings. The zero-order valence-electron chi connectivity index (χ0n) is 13.8. The van der Waals surface area contributed by atoms with Crippen molar-refractivity contribution in [2.24, 2.45) is 11.8 Å². The Morgan fingerprint density at radius 1 is 1.18 bits per heavy atom. The lowest BCUT2D eigenvalue weighted by molar-refractivity contribution is -0.137. The van der Waals surface area contributed by atoms with Gasteiger partial charge in [0.15, 0.2) is 0 Å². The van der Waals surface area contributed by atoms with Crippen LogP contribution in [0.5, 0.6) is 5.88 Å². The summed E-state index contributed by atoms with van der Waals surface area (Å²) in [6.45, 7) is 8.46. The molecular formula is C17H26F3NO. The van der Waals surface area contributed by atoms with Gasteiger partial charge in [0.25, 0.3) is 0 Å². The molecule has 0 amide bonds. The molecule has 1 rings (SSSR count). The largest absolute Gasteiger partial charge is 0.474 e. The van der Waals surface area contributed by atoms with Crippen molar-refractivity contribution < 1.29 is 17.9 Å². The highest BCUT2D eigenvalue weighted by molar-refractivity contribution is 5.20. The molecule has 0 spiro atoms. The van der Waals surface area contributed by atoms with E-state index < -0.39 is 11.7 Å². The van der Waals surface area contributed by atoms with Gasteiger partial charge >= 0.3 is 6.18 Å². The van der Waals surface area contributed by atoms with E-state index in [1.165, 1.54) is 25.3 Å². The monoisotopic (exact) mass is 317 g/mol. The van der Waals surface area contributed by atoms with Crippen molar-refractivity contribution in [1.29, 1.82) is 0 Å². The van der Waals surface area contributed by atoms with E-state index in [-0.39, 0.29) is 12.0 Å². The van der Waals surface area contributed by atoms with Crippen LogP contribution in [0.4, 0.5) is 13.2 Å². The Balaban J connectivity index is 2.51. The number of hydrogen-bond donors (Lipinski definition) is 0. The van der Waals surface area contributed by atoms with Gasteiger partial charge in [-0.1, -0.05) is 40.0 Å². The lowest BCUT2D eigenvalue weighted by Gasteiger charge is -2.24. The maximum Gasteiger partial charge on any atom is 0.417 e. The fourth-order valence-electron chi connectivity index (χ4n) is 2.42. The molecule has 1 heterocycles. The summed E-state index contributed by atoms with van der Waals surface area (Å²) >= 11 is 0. The van der Waals surface area contributed by atoms with Crippen molar-refractivity contribution in [3.8, 4) is 5.88 Å². The lowest BCUT2D eigenvalue weighted by atomic mass is 9.90. The van der Waals surface area contributed by atoms with Crippen molar-refractivity contribution in [3.63, 3.8) is 0 Å². The standard InChI is InChI=1S/C17H26F3NO/c1-5-6-7-12(2)10-13(3)14(4)22-16-9-8-15(11-21-16)17(18,19)20/h8-9,11-14H,5-7,10H2,1-4H3. The Hall–Kier alpha value is -1.26. The normalized spacial score (nSPS) is 16.1. The second kappa shape index (κ2) is 8.39. The van der Waals surface area contributed by atoms with Gasteiger partial charge in [-0.25, -0.2) is 4.98 Å². The SMILES string of the molecule is CCCCC(C)CC(C)C(C)Oc1ccc(C(F)(F)F)cn1. The van der Waals surface area contributed by atoms with Crippen LogP contribution in [0, 0.1) is 11.8 Å². The third-order valence-electron chi connectivity index (χ3n) is 4.00. The molecule has 0 radical (unpaired) electrons. The highest BCUT2D eigenvalue weighted by Crippen LogP contribution is 2.29. The fraction of sp³-hybridized carbons (Fsp3) is 0.706. The number of nitrogens with zero attached hydrogens (tertiary/aromatic N) is 1. The zero-order valence-corrected chi connectivity index (χ0v) is 13.8. The summed E-state index contributed by atoms with van der Waals surface area (Å²) in [5.41, 5.74) is -0.756. The topological polar surface area (TPSA) is 22.1 Å². The van der Waals surface area contributed by atoms with Gasteiger partial charge in [0.1, 0.15) is 6.10 Å².